The molecule has 1 saturated heterocycles. The summed E-state index contributed by atoms with van der Waals surface area (Å²) in [6, 6.07) is 12.6. The third kappa shape index (κ3) is 4.81. The van der Waals surface area contributed by atoms with E-state index in [4.69, 9.17) is 32.7 Å². The van der Waals surface area contributed by atoms with Crippen molar-refractivity contribution in [3.63, 3.8) is 0 Å². The Balaban J connectivity index is 1.57. The first kappa shape index (κ1) is 18.8. The van der Waals surface area contributed by atoms with Gasteiger partial charge in [0.25, 0.3) is 5.91 Å². The molecule has 0 saturated carbocycles. The Bertz CT molecular complexity index is 762. The zero-order valence-corrected chi connectivity index (χ0v) is 15.9. The standard InChI is InChI=1S/C19H20Cl2N2O3/c1-13(26-16-6-7-17(20)18(21)12-16)19(24)22-14-2-4-15(5-3-14)23-8-10-25-11-9-23/h2-7,12-13H,8-11H2,1H3,(H,22,24)/t13-/m1/s1. The number of anilines is 2. The van der Waals surface area contributed by atoms with Crippen LogP contribution in [0.25, 0.3) is 0 Å². The molecule has 26 heavy (non-hydrogen) atoms. The van der Waals surface area contributed by atoms with Gasteiger partial charge in [-0.3, -0.25) is 4.79 Å². The first-order valence-electron chi connectivity index (χ1n) is 8.38. The Morgan fingerprint density at radius 2 is 1.81 bits per heavy atom. The van der Waals surface area contributed by atoms with Crippen LogP contribution < -0.4 is 15.0 Å². The molecule has 0 radical (unpaired) electrons. The van der Waals surface area contributed by atoms with E-state index in [1.165, 1.54) is 0 Å². The van der Waals surface area contributed by atoms with Crippen LogP contribution in [0.15, 0.2) is 42.5 Å². The minimum Gasteiger partial charge on any atom is -0.481 e. The van der Waals surface area contributed by atoms with E-state index in [2.05, 4.69) is 10.2 Å². The van der Waals surface area contributed by atoms with Gasteiger partial charge in [-0.25, -0.2) is 0 Å². The molecule has 7 heteroatoms. The summed E-state index contributed by atoms with van der Waals surface area (Å²) in [5, 5.41) is 3.68. The number of amides is 1. The van der Waals surface area contributed by atoms with Crippen LogP contribution in [0.3, 0.4) is 0 Å². The van der Waals surface area contributed by atoms with Crippen molar-refractivity contribution in [1.29, 1.82) is 0 Å². The maximum Gasteiger partial charge on any atom is 0.265 e. The maximum absolute atomic E-state index is 12.3. The predicted molar refractivity (Wildman–Crippen MR) is 105 cm³/mol. The van der Waals surface area contributed by atoms with Gasteiger partial charge in [-0.15, -0.1) is 0 Å². The van der Waals surface area contributed by atoms with Crippen LogP contribution in [0.4, 0.5) is 11.4 Å². The molecule has 1 aliphatic rings. The molecule has 0 aromatic heterocycles. The number of carbonyl (C=O) groups excluding carboxylic acids is 1. The van der Waals surface area contributed by atoms with E-state index in [9.17, 15) is 4.79 Å². The molecular weight excluding hydrogens is 375 g/mol. The zero-order valence-electron chi connectivity index (χ0n) is 14.4. The average Bonchev–Trinajstić information content (AvgIpc) is 2.66. The van der Waals surface area contributed by atoms with Gasteiger partial charge in [-0.2, -0.15) is 0 Å². The number of benzene rings is 2. The number of hydrogen-bond donors (Lipinski definition) is 1. The lowest BCUT2D eigenvalue weighted by molar-refractivity contribution is -0.122. The topological polar surface area (TPSA) is 50.8 Å². The molecule has 0 bridgehead atoms. The van der Waals surface area contributed by atoms with E-state index in [1.54, 1.807) is 25.1 Å². The summed E-state index contributed by atoms with van der Waals surface area (Å²) in [7, 11) is 0. The van der Waals surface area contributed by atoms with Crippen LogP contribution in [0, 0.1) is 0 Å². The fourth-order valence-corrected chi connectivity index (χ4v) is 2.92. The number of halogens is 2. The largest absolute Gasteiger partial charge is 0.481 e. The van der Waals surface area contributed by atoms with E-state index in [1.807, 2.05) is 24.3 Å². The van der Waals surface area contributed by atoms with Gasteiger partial charge in [0.2, 0.25) is 0 Å². The van der Waals surface area contributed by atoms with Gasteiger partial charge in [0.15, 0.2) is 6.10 Å². The molecule has 5 nitrogen and oxygen atoms in total. The summed E-state index contributed by atoms with van der Waals surface area (Å²) < 4.78 is 11.0. The Hall–Kier alpha value is -1.95. The summed E-state index contributed by atoms with van der Waals surface area (Å²) >= 11 is 11.8. The van der Waals surface area contributed by atoms with Gasteiger partial charge in [0, 0.05) is 30.5 Å². The number of nitrogens with zero attached hydrogens (tertiary/aromatic N) is 1. The van der Waals surface area contributed by atoms with Crippen molar-refractivity contribution >= 4 is 40.5 Å². The lowest BCUT2D eigenvalue weighted by atomic mass is 10.2. The van der Waals surface area contributed by atoms with Gasteiger partial charge in [0.05, 0.1) is 23.3 Å². The Morgan fingerprint density at radius 3 is 2.46 bits per heavy atom. The van der Waals surface area contributed by atoms with Crippen molar-refractivity contribution in [2.45, 2.75) is 13.0 Å². The quantitative estimate of drug-likeness (QED) is 0.823. The van der Waals surface area contributed by atoms with Crippen molar-refractivity contribution in [3.8, 4) is 5.75 Å². The number of ether oxygens (including phenoxy) is 2. The van der Waals surface area contributed by atoms with Crippen LogP contribution in [0.5, 0.6) is 5.75 Å². The lowest BCUT2D eigenvalue weighted by Gasteiger charge is -2.29. The second kappa shape index (κ2) is 8.62. The van der Waals surface area contributed by atoms with Crippen molar-refractivity contribution in [2.75, 3.05) is 36.5 Å². The van der Waals surface area contributed by atoms with Crippen molar-refractivity contribution in [3.05, 3.63) is 52.5 Å². The number of morpholine rings is 1. The Kier molecular flexibility index (Phi) is 6.25. The molecule has 0 aliphatic carbocycles. The summed E-state index contributed by atoms with van der Waals surface area (Å²) in [5.74, 6) is 0.250. The molecular formula is C19H20Cl2N2O3. The fraction of sp³-hybridized carbons (Fsp3) is 0.316. The SMILES string of the molecule is C[C@@H](Oc1ccc(Cl)c(Cl)c1)C(=O)Nc1ccc(N2CCOCC2)cc1. The third-order valence-electron chi connectivity index (χ3n) is 4.08. The van der Waals surface area contributed by atoms with Crippen LogP contribution in [-0.4, -0.2) is 38.3 Å². The smallest absolute Gasteiger partial charge is 0.265 e. The van der Waals surface area contributed by atoms with Crippen molar-refractivity contribution in [1.82, 2.24) is 0 Å². The summed E-state index contributed by atoms with van der Waals surface area (Å²) in [5.41, 5.74) is 1.84. The molecule has 0 spiro atoms. The highest BCUT2D eigenvalue weighted by molar-refractivity contribution is 6.42. The van der Waals surface area contributed by atoms with Gasteiger partial charge in [-0.1, -0.05) is 23.2 Å². The van der Waals surface area contributed by atoms with Gasteiger partial charge in [-0.05, 0) is 43.3 Å². The minimum absolute atomic E-state index is 0.241. The monoisotopic (exact) mass is 394 g/mol. The first-order chi connectivity index (χ1) is 12.5. The molecule has 1 atom stereocenters. The molecule has 1 amide bonds. The van der Waals surface area contributed by atoms with E-state index in [-0.39, 0.29) is 5.91 Å². The minimum atomic E-state index is -0.675. The summed E-state index contributed by atoms with van der Waals surface area (Å²) in [6.45, 7) is 4.91. The lowest BCUT2D eigenvalue weighted by Crippen LogP contribution is -2.36. The Labute approximate surface area is 162 Å². The first-order valence-corrected chi connectivity index (χ1v) is 9.14. The van der Waals surface area contributed by atoms with Crippen molar-refractivity contribution < 1.29 is 14.3 Å². The van der Waals surface area contributed by atoms with Gasteiger partial charge < -0.3 is 19.7 Å². The molecule has 2 aromatic rings. The highest BCUT2D eigenvalue weighted by Gasteiger charge is 2.16. The molecule has 1 aliphatic heterocycles. The molecule has 1 N–H and O–H groups in total. The van der Waals surface area contributed by atoms with Crippen LogP contribution >= 0.6 is 23.2 Å². The fourth-order valence-electron chi connectivity index (χ4n) is 2.63. The van der Waals surface area contributed by atoms with Gasteiger partial charge >= 0.3 is 0 Å². The summed E-state index contributed by atoms with van der Waals surface area (Å²) in [6.07, 6.45) is -0.675. The third-order valence-corrected chi connectivity index (χ3v) is 4.82. The summed E-state index contributed by atoms with van der Waals surface area (Å²) in [4.78, 5) is 14.6. The van der Waals surface area contributed by atoms with E-state index >= 15 is 0 Å². The number of rotatable bonds is 5. The second-order valence-corrected chi connectivity index (χ2v) is 6.79. The molecule has 2 aromatic carbocycles. The van der Waals surface area contributed by atoms with Crippen LogP contribution in [-0.2, 0) is 9.53 Å². The molecule has 1 fully saturated rings. The highest BCUT2D eigenvalue weighted by Crippen LogP contribution is 2.27. The van der Waals surface area contributed by atoms with Crippen molar-refractivity contribution in [2.24, 2.45) is 0 Å². The zero-order chi connectivity index (χ0) is 18.5. The second-order valence-electron chi connectivity index (χ2n) is 5.97. The highest BCUT2D eigenvalue weighted by atomic mass is 35.5. The number of nitrogens with one attached hydrogen (secondary N) is 1. The molecule has 1 heterocycles. The number of hydrogen-bond acceptors (Lipinski definition) is 4. The van der Waals surface area contributed by atoms with E-state index < -0.39 is 6.10 Å². The van der Waals surface area contributed by atoms with E-state index in [0.29, 0.717) is 15.8 Å². The molecule has 3 rings (SSSR count). The normalized spacial score (nSPS) is 15.4. The van der Waals surface area contributed by atoms with Crippen LogP contribution in [0.1, 0.15) is 6.92 Å². The Morgan fingerprint density at radius 1 is 1.12 bits per heavy atom. The predicted octanol–water partition coefficient (Wildman–Crippen LogP) is 4.24. The molecule has 0 unspecified atom stereocenters. The molecule has 138 valence electrons. The van der Waals surface area contributed by atoms with E-state index in [0.717, 1.165) is 37.7 Å². The average molecular weight is 395 g/mol. The maximum atomic E-state index is 12.3. The number of carbonyl (C=O) groups is 1. The van der Waals surface area contributed by atoms with Gasteiger partial charge in [0.1, 0.15) is 5.75 Å². The van der Waals surface area contributed by atoms with Crippen LogP contribution in [0.2, 0.25) is 10.0 Å².